The summed E-state index contributed by atoms with van der Waals surface area (Å²) in [6.07, 6.45) is 0.702. The molecule has 81 heavy (non-hydrogen) atoms. The molecule has 0 heterocycles. The van der Waals surface area contributed by atoms with E-state index in [1.165, 1.54) is 0 Å². The van der Waals surface area contributed by atoms with Crippen LogP contribution in [0.5, 0.6) is 0 Å². The van der Waals surface area contributed by atoms with Crippen molar-refractivity contribution >= 4 is 35.3 Å². The fraction of sp³-hybridized carbons (Fsp3) is 0.0833. The first-order valence-corrected chi connectivity index (χ1v) is 26.8. The predicted octanol–water partition coefficient (Wildman–Crippen LogP) is 16.2. The quantitative estimate of drug-likeness (QED) is 0.0710. The van der Waals surface area contributed by atoms with Gasteiger partial charge in [0, 0.05) is 33.4 Å². The van der Waals surface area contributed by atoms with Crippen molar-refractivity contribution in [3.05, 3.63) is 285 Å². The summed E-state index contributed by atoms with van der Waals surface area (Å²) in [5, 5.41) is 31.7. The van der Waals surface area contributed by atoms with Gasteiger partial charge in [-0.05, 0) is 103 Å². The molecule has 0 bridgehead atoms. The van der Waals surface area contributed by atoms with E-state index in [0.29, 0.717) is 66.8 Å². The molecular weight excluding hydrogens is 1010 g/mol. The Morgan fingerprint density at radius 1 is 0.247 bits per heavy atom. The average Bonchev–Trinajstić information content (AvgIpc) is 3.53. The van der Waals surface area contributed by atoms with Gasteiger partial charge in [-0.25, -0.2) is 14.4 Å². The van der Waals surface area contributed by atoms with Gasteiger partial charge in [0.25, 0.3) is 0 Å². The highest BCUT2D eigenvalue weighted by Gasteiger charge is 2.33. The minimum absolute atomic E-state index is 0.109. The molecule has 396 valence electrons. The molecule has 3 N–H and O–H groups in total. The molecule has 0 aliphatic carbocycles. The van der Waals surface area contributed by atoms with Crippen LogP contribution in [0.4, 0.5) is 0 Å². The molecule has 0 unspecified atom stereocenters. The van der Waals surface area contributed by atoms with Crippen LogP contribution in [-0.2, 0) is 19.3 Å². The summed E-state index contributed by atoms with van der Waals surface area (Å²) in [5.74, 6) is -4.61. The third-order valence-electron chi connectivity index (χ3n) is 15.0. The van der Waals surface area contributed by atoms with Gasteiger partial charge in [0.15, 0.2) is 17.3 Å². The lowest BCUT2D eigenvalue weighted by Crippen LogP contribution is -2.23. The summed E-state index contributed by atoms with van der Waals surface area (Å²) in [4.78, 5) is 85.3. The summed E-state index contributed by atoms with van der Waals surface area (Å²) >= 11 is 0. The van der Waals surface area contributed by atoms with E-state index in [-0.39, 0.29) is 69.3 Å². The van der Waals surface area contributed by atoms with Crippen LogP contribution in [0.1, 0.15) is 116 Å². The third-order valence-corrected chi connectivity index (χ3v) is 15.0. The van der Waals surface area contributed by atoms with Crippen molar-refractivity contribution in [3.63, 3.8) is 0 Å². The SMILES string of the molecule is CCc1c(C(=O)c2ccc(-c3cccc(-c4ccccc4)c3C(=O)O)cc2)c(CC)c(C(=O)c2ccc(-c3cccc(-c4ccccc4)c3C(=O)O)cc2)c(CC)c1C(=O)c1ccc(-c2cccc(-c3ccccc3)c2C(=O)O)cc1. The Balaban J connectivity index is 1.11. The van der Waals surface area contributed by atoms with E-state index in [1.54, 1.807) is 127 Å². The molecule has 0 amide bonds. The molecule has 0 aliphatic rings. The Labute approximate surface area is 469 Å². The van der Waals surface area contributed by atoms with Gasteiger partial charge in [0.2, 0.25) is 0 Å². The van der Waals surface area contributed by atoms with Gasteiger partial charge < -0.3 is 15.3 Å². The molecule has 0 atom stereocenters. The van der Waals surface area contributed by atoms with Crippen molar-refractivity contribution in [1.29, 1.82) is 0 Å². The summed E-state index contributed by atoms with van der Waals surface area (Å²) in [7, 11) is 0. The Morgan fingerprint density at radius 2 is 0.444 bits per heavy atom. The lowest BCUT2D eigenvalue weighted by atomic mass is 9.77. The maximum atomic E-state index is 15.5. The van der Waals surface area contributed by atoms with Gasteiger partial charge in [0.1, 0.15) is 0 Å². The topological polar surface area (TPSA) is 163 Å². The Hall–Kier alpha value is -10.4. The molecule has 9 nitrogen and oxygen atoms in total. The van der Waals surface area contributed by atoms with Crippen LogP contribution in [0, 0.1) is 0 Å². The van der Waals surface area contributed by atoms with Crippen molar-refractivity contribution in [2.45, 2.75) is 40.0 Å². The van der Waals surface area contributed by atoms with Crippen molar-refractivity contribution in [2.75, 3.05) is 0 Å². The van der Waals surface area contributed by atoms with Crippen molar-refractivity contribution in [2.24, 2.45) is 0 Å². The van der Waals surface area contributed by atoms with Crippen LogP contribution < -0.4 is 0 Å². The lowest BCUT2D eigenvalue weighted by Gasteiger charge is -2.25. The fourth-order valence-corrected chi connectivity index (χ4v) is 11.3. The van der Waals surface area contributed by atoms with Crippen molar-refractivity contribution in [1.82, 2.24) is 0 Å². The maximum Gasteiger partial charge on any atom is 0.336 e. The molecule has 0 saturated carbocycles. The number of carbonyl (C=O) groups is 6. The highest BCUT2D eigenvalue weighted by molar-refractivity contribution is 6.21. The van der Waals surface area contributed by atoms with E-state index in [9.17, 15) is 29.7 Å². The monoisotopic (exact) mass is 1060 g/mol. The molecule has 10 rings (SSSR count). The Morgan fingerprint density at radius 3 is 0.630 bits per heavy atom. The number of ketones is 3. The van der Waals surface area contributed by atoms with Crippen LogP contribution >= 0.6 is 0 Å². The summed E-state index contributed by atoms with van der Waals surface area (Å²) < 4.78 is 0. The molecule has 0 aromatic heterocycles. The normalized spacial score (nSPS) is 11.0. The van der Waals surface area contributed by atoms with Crippen LogP contribution in [0.3, 0.4) is 0 Å². The minimum atomic E-state index is -1.11. The second kappa shape index (κ2) is 23.3. The van der Waals surface area contributed by atoms with E-state index >= 15 is 14.4 Å². The van der Waals surface area contributed by atoms with E-state index in [0.717, 1.165) is 16.7 Å². The lowest BCUT2D eigenvalue weighted by molar-refractivity contribution is 0.0687. The minimum Gasteiger partial charge on any atom is -0.478 e. The number of rotatable bonds is 18. The van der Waals surface area contributed by atoms with Gasteiger partial charge >= 0.3 is 17.9 Å². The average molecular weight is 1060 g/mol. The molecule has 10 aromatic carbocycles. The number of carboxylic acids is 3. The first kappa shape index (κ1) is 54.0. The number of hydrogen-bond donors (Lipinski definition) is 3. The molecule has 0 fully saturated rings. The molecule has 0 spiro atoms. The summed E-state index contributed by atoms with van der Waals surface area (Å²) in [5.41, 5.74) is 10.1. The number of hydrogen-bond acceptors (Lipinski definition) is 6. The molecule has 0 saturated heterocycles. The highest BCUT2D eigenvalue weighted by Crippen LogP contribution is 2.40. The van der Waals surface area contributed by atoms with E-state index in [2.05, 4.69) is 0 Å². The number of carboxylic acid groups (broad SMARTS) is 3. The molecular formula is C72H54O9. The van der Waals surface area contributed by atoms with Crippen LogP contribution in [0.2, 0.25) is 0 Å². The first-order chi connectivity index (χ1) is 39.3. The molecule has 0 radical (unpaired) electrons. The highest BCUT2D eigenvalue weighted by atomic mass is 16.4. The van der Waals surface area contributed by atoms with E-state index in [4.69, 9.17) is 0 Å². The number of benzene rings is 10. The van der Waals surface area contributed by atoms with Crippen molar-refractivity contribution < 1.29 is 44.1 Å². The smallest absolute Gasteiger partial charge is 0.336 e. The second-order valence-electron chi connectivity index (χ2n) is 19.5. The summed E-state index contributed by atoms with van der Waals surface area (Å²) in [6, 6.07) is 63.7. The van der Waals surface area contributed by atoms with Gasteiger partial charge in [-0.2, -0.15) is 0 Å². The number of carbonyl (C=O) groups excluding carboxylic acids is 3. The molecule has 10 aromatic rings. The Bertz CT molecular complexity index is 3640. The van der Waals surface area contributed by atoms with Crippen LogP contribution in [0.25, 0.3) is 66.8 Å². The fourth-order valence-electron chi connectivity index (χ4n) is 11.3. The zero-order valence-corrected chi connectivity index (χ0v) is 44.7. The summed E-state index contributed by atoms with van der Waals surface area (Å²) in [6.45, 7) is 5.60. The largest absolute Gasteiger partial charge is 0.478 e. The van der Waals surface area contributed by atoms with E-state index in [1.807, 2.05) is 112 Å². The van der Waals surface area contributed by atoms with Gasteiger partial charge in [-0.1, -0.05) is 239 Å². The second-order valence-corrected chi connectivity index (χ2v) is 19.5. The third kappa shape index (κ3) is 10.3. The van der Waals surface area contributed by atoms with Crippen LogP contribution in [-0.4, -0.2) is 50.6 Å². The Kier molecular flexibility index (Phi) is 15.5. The van der Waals surface area contributed by atoms with Gasteiger partial charge in [-0.3, -0.25) is 14.4 Å². The van der Waals surface area contributed by atoms with Gasteiger partial charge in [0.05, 0.1) is 16.7 Å². The standard InChI is InChI=1S/C72H54O9/c1-4-52-61(67(73)49-37-31-46(32-38-49)58-28-16-25-55(64(58)70(76)77)43-19-10-7-11-20-43)53(5-2)63(69(75)51-41-35-48(36-42-51)60-30-18-27-57(66(60)72(80)81)45-23-14-9-15-24-45)54(6-3)62(52)68(74)50-39-33-47(34-40-50)59-29-17-26-56(65(59)71(78)79)44-21-12-8-13-22-44/h7-42H,4-6H2,1-3H3,(H,76,77)(H,78,79)(H,80,81). The zero-order chi connectivity index (χ0) is 56.9. The first-order valence-electron chi connectivity index (χ1n) is 26.8. The molecule has 0 aliphatic heterocycles. The maximum absolute atomic E-state index is 15.5. The molecule has 9 heteroatoms. The van der Waals surface area contributed by atoms with E-state index < -0.39 is 35.3 Å². The van der Waals surface area contributed by atoms with Gasteiger partial charge in [-0.15, -0.1) is 0 Å². The predicted molar refractivity (Wildman–Crippen MR) is 318 cm³/mol. The zero-order valence-electron chi connectivity index (χ0n) is 44.7. The van der Waals surface area contributed by atoms with Crippen LogP contribution in [0.15, 0.2) is 218 Å². The van der Waals surface area contributed by atoms with Crippen molar-refractivity contribution in [3.8, 4) is 66.8 Å². The number of aromatic carboxylic acids is 3.